The lowest BCUT2D eigenvalue weighted by Crippen LogP contribution is -2.36. The molecule has 0 aliphatic carbocycles. The molecule has 0 saturated carbocycles. The number of sulfonamides is 1. The number of ether oxygens (including phenoxy) is 2. The summed E-state index contributed by atoms with van der Waals surface area (Å²) >= 11 is 0. The van der Waals surface area contributed by atoms with Crippen molar-refractivity contribution in [1.29, 1.82) is 0 Å². The highest BCUT2D eigenvalue weighted by molar-refractivity contribution is 7.92. The van der Waals surface area contributed by atoms with Gasteiger partial charge in [0.2, 0.25) is 10.0 Å². The SMILES string of the molecule is CCNCCN(c1ccc(N/C(=C2\C(=O)Nc3cc(OC)c(OC)cc32)c2ccccc2)cc1)S(C)(=O)=O. The van der Waals surface area contributed by atoms with Gasteiger partial charge in [-0.15, -0.1) is 0 Å². The third kappa shape index (κ3) is 5.76. The van der Waals surface area contributed by atoms with Crippen molar-refractivity contribution in [3.8, 4) is 11.5 Å². The van der Waals surface area contributed by atoms with Crippen LogP contribution < -0.4 is 29.7 Å². The van der Waals surface area contributed by atoms with Gasteiger partial charge < -0.3 is 25.4 Å². The van der Waals surface area contributed by atoms with E-state index in [9.17, 15) is 13.2 Å². The number of fused-ring (bicyclic) bond motifs is 1. The molecule has 0 unspecified atom stereocenters. The highest BCUT2D eigenvalue weighted by Crippen LogP contribution is 2.43. The van der Waals surface area contributed by atoms with E-state index in [4.69, 9.17) is 9.47 Å². The van der Waals surface area contributed by atoms with Gasteiger partial charge in [-0.1, -0.05) is 37.3 Å². The zero-order valence-corrected chi connectivity index (χ0v) is 22.7. The van der Waals surface area contributed by atoms with Crippen molar-refractivity contribution < 1.29 is 22.7 Å². The molecule has 0 aromatic heterocycles. The minimum absolute atomic E-state index is 0.259. The lowest BCUT2D eigenvalue weighted by molar-refractivity contribution is -0.110. The van der Waals surface area contributed by atoms with Crippen molar-refractivity contribution in [1.82, 2.24) is 5.32 Å². The van der Waals surface area contributed by atoms with Crippen LogP contribution in [0.2, 0.25) is 0 Å². The lowest BCUT2D eigenvalue weighted by atomic mass is 9.99. The van der Waals surface area contributed by atoms with Crippen molar-refractivity contribution >= 4 is 44.3 Å². The molecule has 1 aliphatic heterocycles. The molecule has 1 heterocycles. The first-order valence-corrected chi connectivity index (χ1v) is 14.0. The van der Waals surface area contributed by atoms with Gasteiger partial charge in [-0.2, -0.15) is 0 Å². The fourth-order valence-corrected chi connectivity index (χ4v) is 5.26. The Bertz CT molecular complexity index is 1440. The minimum atomic E-state index is -3.45. The highest BCUT2D eigenvalue weighted by Gasteiger charge is 2.30. The van der Waals surface area contributed by atoms with Gasteiger partial charge in [-0.3, -0.25) is 9.10 Å². The molecule has 3 aromatic carbocycles. The third-order valence-corrected chi connectivity index (χ3v) is 7.34. The van der Waals surface area contributed by atoms with E-state index in [1.165, 1.54) is 10.6 Å². The van der Waals surface area contributed by atoms with Crippen molar-refractivity contribution in [3.05, 3.63) is 77.9 Å². The molecule has 0 atom stereocenters. The van der Waals surface area contributed by atoms with E-state index in [0.29, 0.717) is 58.5 Å². The summed E-state index contributed by atoms with van der Waals surface area (Å²) in [6, 6.07) is 20.2. The van der Waals surface area contributed by atoms with Crippen molar-refractivity contribution in [3.63, 3.8) is 0 Å². The molecule has 0 bridgehead atoms. The van der Waals surface area contributed by atoms with Crippen LogP contribution in [0.5, 0.6) is 11.5 Å². The number of likely N-dealkylation sites (N-methyl/N-ethyl adjacent to an activating group) is 1. The molecular formula is C28H32N4O5S. The first-order valence-electron chi connectivity index (χ1n) is 12.2. The number of nitrogens with one attached hydrogen (secondary N) is 3. The number of rotatable bonds is 11. The van der Waals surface area contributed by atoms with E-state index in [0.717, 1.165) is 12.1 Å². The maximum Gasteiger partial charge on any atom is 0.258 e. The van der Waals surface area contributed by atoms with E-state index < -0.39 is 10.0 Å². The molecule has 0 spiro atoms. The number of anilines is 3. The van der Waals surface area contributed by atoms with Crippen LogP contribution in [-0.4, -0.2) is 54.4 Å². The van der Waals surface area contributed by atoms with Crippen LogP contribution in [0.4, 0.5) is 17.1 Å². The maximum absolute atomic E-state index is 13.2. The molecule has 38 heavy (non-hydrogen) atoms. The van der Waals surface area contributed by atoms with Gasteiger partial charge >= 0.3 is 0 Å². The number of carbonyl (C=O) groups is 1. The molecular weight excluding hydrogens is 504 g/mol. The van der Waals surface area contributed by atoms with Crippen LogP contribution >= 0.6 is 0 Å². The number of carbonyl (C=O) groups excluding carboxylic acids is 1. The molecule has 3 aromatic rings. The molecule has 10 heteroatoms. The van der Waals surface area contributed by atoms with Gasteiger partial charge in [0, 0.05) is 30.4 Å². The van der Waals surface area contributed by atoms with Gasteiger partial charge in [0.1, 0.15) is 0 Å². The zero-order valence-electron chi connectivity index (χ0n) is 21.9. The van der Waals surface area contributed by atoms with Crippen LogP contribution in [0.25, 0.3) is 11.3 Å². The standard InChI is InChI=1S/C28H32N4O5S/c1-5-29-15-16-32(38(4,34)35)21-13-11-20(12-14-21)30-27(19-9-7-6-8-10-19)26-22-17-24(36-2)25(37-3)18-23(22)31-28(26)33/h6-14,17-18,29-30H,5,15-16H2,1-4H3,(H,31,33)/b27-26-. The number of hydrogen-bond acceptors (Lipinski definition) is 7. The molecule has 0 radical (unpaired) electrons. The Kier molecular flexibility index (Phi) is 8.23. The van der Waals surface area contributed by atoms with E-state index in [1.54, 1.807) is 50.6 Å². The second-order valence-electron chi connectivity index (χ2n) is 8.68. The average molecular weight is 537 g/mol. The fraction of sp³-hybridized carbons (Fsp3) is 0.250. The first-order chi connectivity index (χ1) is 18.3. The summed E-state index contributed by atoms with van der Waals surface area (Å²) in [5.41, 5.74) is 4.44. The smallest absolute Gasteiger partial charge is 0.258 e. The summed E-state index contributed by atoms with van der Waals surface area (Å²) in [6.45, 7) is 3.59. The van der Waals surface area contributed by atoms with Gasteiger partial charge in [-0.25, -0.2) is 8.42 Å². The Morgan fingerprint density at radius 3 is 2.24 bits per heavy atom. The summed E-state index contributed by atoms with van der Waals surface area (Å²) in [4.78, 5) is 13.2. The summed E-state index contributed by atoms with van der Waals surface area (Å²) < 4.78 is 37.1. The van der Waals surface area contributed by atoms with Gasteiger partial charge in [0.15, 0.2) is 11.5 Å². The largest absolute Gasteiger partial charge is 0.493 e. The van der Waals surface area contributed by atoms with Crippen molar-refractivity contribution in [2.24, 2.45) is 0 Å². The Morgan fingerprint density at radius 1 is 0.974 bits per heavy atom. The molecule has 4 rings (SSSR count). The second-order valence-corrected chi connectivity index (χ2v) is 10.6. The highest BCUT2D eigenvalue weighted by atomic mass is 32.2. The number of amides is 1. The number of hydrogen-bond donors (Lipinski definition) is 3. The maximum atomic E-state index is 13.2. The molecule has 9 nitrogen and oxygen atoms in total. The van der Waals surface area contributed by atoms with Crippen molar-refractivity contribution in [2.45, 2.75) is 6.92 Å². The molecule has 1 aliphatic rings. The van der Waals surface area contributed by atoms with Gasteiger partial charge in [0.25, 0.3) is 5.91 Å². The van der Waals surface area contributed by atoms with Crippen LogP contribution in [0.1, 0.15) is 18.1 Å². The van der Waals surface area contributed by atoms with E-state index in [1.807, 2.05) is 37.3 Å². The number of benzene rings is 3. The van der Waals surface area contributed by atoms with E-state index >= 15 is 0 Å². The summed E-state index contributed by atoms with van der Waals surface area (Å²) in [6.07, 6.45) is 1.20. The predicted octanol–water partition coefficient (Wildman–Crippen LogP) is 4.01. The molecule has 3 N–H and O–H groups in total. The summed E-state index contributed by atoms with van der Waals surface area (Å²) in [5.74, 6) is 0.766. The second kappa shape index (κ2) is 11.6. The Morgan fingerprint density at radius 2 is 1.63 bits per heavy atom. The van der Waals surface area contributed by atoms with Crippen LogP contribution in [-0.2, 0) is 14.8 Å². The predicted molar refractivity (Wildman–Crippen MR) is 152 cm³/mol. The third-order valence-electron chi connectivity index (χ3n) is 6.15. The lowest BCUT2D eigenvalue weighted by Gasteiger charge is -2.23. The van der Waals surface area contributed by atoms with E-state index in [-0.39, 0.29) is 5.91 Å². The number of methoxy groups -OCH3 is 2. The van der Waals surface area contributed by atoms with Crippen LogP contribution in [0, 0.1) is 0 Å². The Hall–Kier alpha value is -4.02. The van der Waals surface area contributed by atoms with E-state index in [2.05, 4.69) is 16.0 Å². The van der Waals surface area contributed by atoms with Crippen LogP contribution in [0.3, 0.4) is 0 Å². The normalized spacial score (nSPS) is 13.9. The van der Waals surface area contributed by atoms with Gasteiger partial charge in [0.05, 0.1) is 43.1 Å². The monoisotopic (exact) mass is 536 g/mol. The van der Waals surface area contributed by atoms with Gasteiger partial charge in [-0.05, 0) is 42.4 Å². The first kappa shape index (κ1) is 27.0. The van der Waals surface area contributed by atoms with Crippen LogP contribution in [0.15, 0.2) is 66.7 Å². The zero-order chi connectivity index (χ0) is 27.3. The summed E-state index contributed by atoms with van der Waals surface area (Å²) in [5, 5.41) is 9.48. The Labute approximate surface area is 223 Å². The minimum Gasteiger partial charge on any atom is -0.493 e. The Balaban J connectivity index is 1.75. The fourth-order valence-electron chi connectivity index (χ4n) is 4.33. The summed E-state index contributed by atoms with van der Waals surface area (Å²) in [7, 11) is -0.360. The quantitative estimate of drug-likeness (QED) is 0.251. The number of nitrogens with zero attached hydrogens (tertiary/aromatic N) is 1. The molecule has 200 valence electrons. The average Bonchev–Trinajstić information content (AvgIpc) is 3.23. The molecule has 1 amide bonds. The van der Waals surface area contributed by atoms with Crippen molar-refractivity contribution in [2.75, 3.05) is 55.0 Å². The molecule has 0 fully saturated rings. The molecule has 0 saturated heterocycles. The topological polar surface area (TPSA) is 109 Å².